The minimum atomic E-state index is -1.93. The molecule has 0 aromatic rings. The lowest BCUT2D eigenvalue weighted by atomic mass is 9.43. The Morgan fingerprint density at radius 3 is 2.62 bits per heavy atom. The van der Waals surface area contributed by atoms with Crippen LogP contribution in [0.25, 0.3) is 0 Å². The number of nitrogens with zero attached hydrogens (tertiary/aromatic N) is 2. The highest BCUT2D eigenvalue weighted by Gasteiger charge is 2.70. The molecule has 8 atom stereocenters. The molecule has 1 aliphatic heterocycles. The molecule has 5 aliphatic rings. The van der Waals surface area contributed by atoms with E-state index in [0.29, 0.717) is 32.3 Å². The third-order valence-electron chi connectivity index (χ3n) is 10.1. The number of rotatable bonds is 4. The predicted octanol–water partition coefficient (Wildman–Crippen LogP) is 4.70. The molecule has 5 fully saturated rings. The van der Waals surface area contributed by atoms with Gasteiger partial charge in [-0.25, -0.2) is 8.78 Å². The van der Waals surface area contributed by atoms with Crippen LogP contribution in [-0.4, -0.2) is 60.8 Å². The van der Waals surface area contributed by atoms with E-state index < -0.39 is 46.6 Å². The van der Waals surface area contributed by atoms with Gasteiger partial charge in [-0.15, -0.1) is 0 Å². The second-order valence-corrected chi connectivity index (χ2v) is 11.9. The van der Waals surface area contributed by atoms with Crippen molar-refractivity contribution in [3.8, 4) is 0 Å². The lowest BCUT2D eigenvalue weighted by Gasteiger charge is -2.59. The van der Waals surface area contributed by atoms with Crippen molar-refractivity contribution in [2.24, 2.45) is 39.7 Å². The van der Waals surface area contributed by atoms with Crippen molar-refractivity contribution in [1.82, 2.24) is 4.90 Å². The summed E-state index contributed by atoms with van der Waals surface area (Å²) in [7, 11) is 0. The van der Waals surface area contributed by atoms with E-state index in [1.165, 1.54) is 26.2 Å². The van der Waals surface area contributed by atoms with Crippen LogP contribution >= 0.6 is 0 Å². The number of hydrogen-bond acceptors (Lipinski definition) is 5. The molecule has 7 heteroatoms. The van der Waals surface area contributed by atoms with Crippen LogP contribution < -0.4 is 0 Å². The van der Waals surface area contributed by atoms with Crippen molar-refractivity contribution in [3.63, 3.8) is 0 Å². The second kappa shape index (κ2) is 8.79. The molecule has 4 saturated carbocycles. The number of carbonyl (C=O) groups excluding carboxylic acids is 2. The number of Topliss-reactive ketones (excluding diaryl/α,β-unsaturated/α-hetero) is 2. The van der Waals surface area contributed by atoms with Gasteiger partial charge in [-0.1, -0.05) is 30.7 Å². The fourth-order valence-electron chi connectivity index (χ4n) is 8.16. The number of alkyl halides is 2. The summed E-state index contributed by atoms with van der Waals surface area (Å²) < 4.78 is 30.0. The van der Waals surface area contributed by atoms with Crippen molar-refractivity contribution in [1.29, 1.82) is 0 Å². The molecule has 4 aliphatic carbocycles. The maximum atomic E-state index is 15.6. The molecule has 1 saturated heterocycles. The molecule has 0 bridgehead atoms. The number of piperidine rings is 1. The molecule has 0 aromatic heterocycles. The van der Waals surface area contributed by atoms with Gasteiger partial charge in [-0.2, -0.15) is 0 Å². The molecule has 6 unspecified atom stereocenters. The van der Waals surface area contributed by atoms with Crippen molar-refractivity contribution in [3.05, 3.63) is 12.2 Å². The molecule has 0 amide bonds. The minimum Gasteiger partial charge on any atom is -0.394 e. The Bertz CT molecular complexity index is 900. The summed E-state index contributed by atoms with van der Waals surface area (Å²) in [6.45, 7) is 11.6. The lowest BCUT2D eigenvalue weighted by molar-refractivity contribution is -0.165. The summed E-state index contributed by atoms with van der Waals surface area (Å²) in [4.78, 5) is 34.1. The highest BCUT2D eigenvalue weighted by atomic mass is 19.1. The number of hydrogen-bond donors (Lipinski definition) is 0. The summed E-state index contributed by atoms with van der Waals surface area (Å²) in [5.41, 5.74) is 0.00893. The molecule has 34 heavy (non-hydrogen) atoms. The van der Waals surface area contributed by atoms with E-state index in [4.69, 9.17) is 4.84 Å². The molecular weight excluding hydrogens is 438 g/mol. The van der Waals surface area contributed by atoms with Gasteiger partial charge in [-0.05, 0) is 88.1 Å². The number of halogens is 2. The van der Waals surface area contributed by atoms with E-state index in [-0.39, 0.29) is 18.3 Å². The Hall–Kier alpha value is -1.63. The van der Waals surface area contributed by atoms with Crippen LogP contribution in [0.1, 0.15) is 65.2 Å². The van der Waals surface area contributed by atoms with Crippen LogP contribution in [0.2, 0.25) is 0 Å². The summed E-state index contributed by atoms with van der Waals surface area (Å²) in [5, 5.41) is 4.44. The number of fused-ring (bicyclic) bond motifs is 5. The van der Waals surface area contributed by atoms with Gasteiger partial charge in [0.15, 0.2) is 23.9 Å². The van der Waals surface area contributed by atoms with Gasteiger partial charge in [0.05, 0.1) is 11.1 Å². The molecule has 0 spiro atoms. The average Bonchev–Trinajstić information content (AvgIpc) is 3.06. The first-order chi connectivity index (χ1) is 16.2. The highest BCUT2D eigenvalue weighted by molar-refractivity contribution is 6.01. The van der Waals surface area contributed by atoms with Crippen molar-refractivity contribution in [2.75, 3.05) is 26.2 Å². The van der Waals surface area contributed by atoms with Gasteiger partial charge in [0.25, 0.3) is 0 Å². The van der Waals surface area contributed by atoms with Crippen LogP contribution in [0.15, 0.2) is 17.3 Å². The first-order valence-corrected chi connectivity index (χ1v) is 13.1. The third-order valence-corrected chi connectivity index (χ3v) is 10.1. The fourth-order valence-corrected chi connectivity index (χ4v) is 8.16. The number of oxime groups is 1. The van der Waals surface area contributed by atoms with E-state index in [1.807, 2.05) is 0 Å². The Morgan fingerprint density at radius 1 is 1.15 bits per heavy atom. The molecule has 0 N–H and O–H groups in total. The van der Waals surface area contributed by atoms with E-state index in [0.717, 1.165) is 30.9 Å². The van der Waals surface area contributed by atoms with Gasteiger partial charge in [0.1, 0.15) is 6.61 Å². The Balaban J connectivity index is 1.30. The lowest BCUT2D eigenvalue weighted by Crippen LogP contribution is -2.62. The molecular formula is C27H38F2N2O3. The molecule has 5 rings (SSSR count). The maximum absolute atomic E-state index is 15.6. The van der Waals surface area contributed by atoms with Gasteiger partial charge in [-0.3, -0.25) is 14.5 Å². The summed E-state index contributed by atoms with van der Waals surface area (Å²) >= 11 is 0. The van der Waals surface area contributed by atoms with Crippen molar-refractivity contribution < 1.29 is 23.2 Å². The minimum absolute atomic E-state index is 0.0192. The number of ketones is 2. The fraction of sp³-hybridized carbons (Fsp3) is 0.815. The summed E-state index contributed by atoms with van der Waals surface area (Å²) in [6, 6.07) is 0. The molecule has 0 radical (unpaired) electrons. The number of likely N-dealkylation sites (tertiary alicyclic amines) is 1. The van der Waals surface area contributed by atoms with Crippen LogP contribution in [-0.2, 0) is 14.4 Å². The molecule has 1 heterocycles. The maximum Gasteiger partial charge on any atom is 0.176 e. The molecule has 0 aromatic carbocycles. The number of carbonyl (C=O) groups is 2. The van der Waals surface area contributed by atoms with Gasteiger partial charge < -0.3 is 4.84 Å². The Labute approximate surface area is 201 Å². The number of allylic oxidation sites excluding steroid dienone is 1. The monoisotopic (exact) mass is 476 g/mol. The zero-order chi connectivity index (χ0) is 24.3. The molecule has 5 nitrogen and oxygen atoms in total. The topological polar surface area (TPSA) is 59.0 Å². The normalized spacial score (nSPS) is 46.2. The zero-order valence-corrected chi connectivity index (χ0v) is 20.5. The smallest absolute Gasteiger partial charge is 0.176 e. The average molecular weight is 477 g/mol. The largest absolute Gasteiger partial charge is 0.394 e. The first-order valence-electron chi connectivity index (χ1n) is 13.1. The van der Waals surface area contributed by atoms with E-state index in [1.54, 1.807) is 0 Å². The first kappa shape index (κ1) is 24.1. The van der Waals surface area contributed by atoms with Crippen molar-refractivity contribution >= 4 is 17.3 Å². The summed E-state index contributed by atoms with van der Waals surface area (Å²) in [5.74, 6) is -2.38. The van der Waals surface area contributed by atoms with Crippen molar-refractivity contribution in [2.45, 2.75) is 77.6 Å². The van der Waals surface area contributed by atoms with Crippen LogP contribution in [0.4, 0.5) is 8.78 Å². The van der Waals surface area contributed by atoms with Crippen LogP contribution in [0.3, 0.4) is 0 Å². The predicted molar refractivity (Wildman–Crippen MR) is 126 cm³/mol. The zero-order valence-electron chi connectivity index (χ0n) is 20.5. The highest BCUT2D eigenvalue weighted by Crippen LogP contribution is 2.65. The van der Waals surface area contributed by atoms with Gasteiger partial charge in [0.2, 0.25) is 0 Å². The quantitative estimate of drug-likeness (QED) is 0.335. The van der Waals surface area contributed by atoms with E-state index in [2.05, 4.69) is 23.6 Å². The van der Waals surface area contributed by atoms with Gasteiger partial charge in [0, 0.05) is 12.5 Å². The van der Waals surface area contributed by atoms with Gasteiger partial charge >= 0.3 is 0 Å². The van der Waals surface area contributed by atoms with E-state index in [9.17, 15) is 14.0 Å². The van der Waals surface area contributed by atoms with Crippen LogP contribution in [0.5, 0.6) is 0 Å². The second-order valence-electron chi connectivity index (χ2n) is 11.9. The molecule has 188 valence electrons. The third kappa shape index (κ3) is 3.59. The summed E-state index contributed by atoms with van der Waals surface area (Å²) in [6.07, 6.45) is 2.83. The Morgan fingerprint density at radius 2 is 1.88 bits per heavy atom. The SMILES string of the molecule is C=C1CC2C(C(=O)C(F)[C@]3(C)C(=O)C(F)CC23)[C@@]2(C)CCC(=NOCCN3CCCCC3)CC12. The van der Waals surface area contributed by atoms with Crippen LogP contribution in [0, 0.1) is 34.5 Å². The standard InChI is InChI=1S/C27H38F2N2O3/c1-16-13-18-20-15-21(28)25(33)27(20,3)24(29)23(32)22(18)26(2)8-7-17(14-19(16)26)30-34-12-11-31-9-5-4-6-10-31/h18-22,24H,1,4-15H2,2-3H3/t18?,19?,20?,21?,22?,24?,26-,27+/m0/s1. The van der Waals surface area contributed by atoms with E-state index >= 15 is 4.39 Å². The Kier molecular flexibility index (Phi) is 6.23.